The second-order valence-electron chi connectivity index (χ2n) is 9.48. The molecule has 0 aliphatic rings. The van der Waals surface area contributed by atoms with Gasteiger partial charge in [-0.15, -0.1) is 0 Å². The second-order valence-corrected chi connectivity index (χ2v) is 11.2. The van der Waals surface area contributed by atoms with E-state index in [-0.39, 0.29) is 5.91 Å². The lowest BCUT2D eigenvalue weighted by molar-refractivity contribution is 0.0955. The van der Waals surface area contributed by atoms with E-state index in [4.69, 9.17) is 9.47 Å². The van der Waals surface area contributed by atoms with Gasteiger partial charge in [-0.05, 0) is 102 Å². The summed E-state index contributed by atoms with van der Waals surface area (Å²) in [4.78, 5) is 12.8. The maximum atomic E-state index is 12.8. The topological polar surface area (TPSA) is 64.8 Å². The summed E-state index contributed by atoms with van der Waals surface area (Å²) >= 11 is 7.04. The Labute approximate surface area is 262 Å². The normalized spacial score (nSPS) is 11.0. The van der Waals surface area contributed by atoms with Crippen molar-refractivity contribution >= 4 is 44.0 Å². The molecule has 0 saturated carbocycles. The Morgan fingerprint density at radius 2 is 1.60 bits per heavy atom. The molecule has 0 saturated heterocycles. The van der Waals surface area contributed by atoms with Crippen LogP contribution in [0.4, 0.5) is 0 Å². The third-order valence-electron chi connectivity index (χ3n) is 6.57. The number of rotatable bonds is 10. The molecule has 0 bridgehead atoms. The molecule has 1 heterocycles. The molecule has 5 rings (SSSR count). The first-order valence-electron chi connectivity index (χ1n) is 13.4. The Kier molecular flexibility index (Phi) is 9.56. The molecular weight excluding hydrogens is 658 g/mol. The third kappa shape index (κ3) is 7.01. The molecule has 0 radical (unpaired) electrons. The van der Waals surface area contributed by atoms with Gasteiger partial charge in [-0.25, -0.2) is 5.43 Å². The standard InChI is InChI=1S/C34H29Br2N3O3/c1-3-41-32-19-27(30(36)20-33(32)42-22-24-10-14-28(35)15-11-24)21-37-38-34(40)26-12-16-29(17-13-26)39-23(2)9-18-31(39)25-7-5-4-6-8-25/h4-21H,3,22H2,1-2H3,(H,38,40)/b37-21+. The number of aryl methyl sites for hydroxylation is 1. The number of nitrogens with one attached hydrogen (secondary N) is 1. The van der Waals surface area contributed by atoms with Crippen molar-refractivity contribution in [3.05, 3.63) is 134 Å². The molecule has 0 fully saturated rings. The molecule has 0 spiro atoms. The average Bonchev–Trinajstić information content (AvgIpc) is 3.40. The zero-order valence-corrected chi connectivity index (χ0v) is 26.4. The number of hydrazone groups is 1. The minimum absolute atomic E-state index is 0.305. The Balaban J connectivity index is 1.26. The van der Waals surface area contributed by atoms with E-state index in [1.54, 1.807) is 18.3 Å². The van der Waals surface area contributed by atoms with Crippen molar-refractivity contribution in [1.29, 1.82) is 0 Å². The van der Waals surface area contributed by atoms with E-state index in [9.17, 15) is 4.79 Å². The maximum absolute atomic E-state index is 12.8. The summed E-state index contributed by atoms with van der Waals surface area (Å²) in [7, 11) is 0. The molecule has 1 amide bonds. The quantitative estimate of drug-likeness (QED) is 0.118. The van der Waals surface area contributed by atoms with Gasteiger partial charge in [-0.1, -0.05) is 58.4 Å². The lowest BCUT2D eigenvalue weighted by Gasteiger charge is -2.14. The average molecular weight is 687 g/mol. The molecule has 0 atom stereocenters. The summed E-state index contributed by atoms with van der Waals surface area (Å²) in [6.07, 6.45) is 1.58. The van der Waals surface area contributed by atoms with Crippen LogP contribution >= 0.6 is 31.9 Å². The van der Waals surface area contributed by atoms with Crippen LogP contribution < -0.4 is 14.9 Å². The predicted octanol–water partition coefficient (Wildman–Crippen LogP) is 8.72. The van der Waals surface area contributed by atoms with Crippen LogP contribution in [0.3, 0.4) is 0 Å². The van der Waals surface area contributed by atoms with E-state index in [1.807, 2.05) is 73.7 Å². The highest BCUT2D eigenvalue weighted by molar-refractivity contribution is 9.10. The number of carbonyl (C=O) groups excluding carboxylic acids is 1. The Hall–Kier alpha value is -4.14. The van der Waals surface area contributed by atoms with Gasteiger partial charge in [0.1, 0.15) is 6.61 Å². The summed E-state index contributed by atoms with van der Waals surface area (Å²) in [5.41, 5.74) is 9.22. The minimum Gasteiger partial charge on any atom is -0.490 e. The number of nitrogens with zero attached hydrogens (tertiary/aromatic N) is 2. The lowest BCUT2D eigenvalue weighted by Crippen LogP contribution is -2.17. The van der Waals surface area contributed by atoms with Crippen molar-refractivity contribution in [3.8, 4) is 28.4 Å². The Bertz CT molecular complexity index is 1700. The van der Waals surface area contributed by atoms with E-state index in [0.717, 1.165) is 42.7 Å². The molecule has 8 heteroatoms. The monoisotopic (exact) mass is 685 g/mol. The highest BCUT2D eigenvalue weighted by atomic mass is 79.9. The number of halogens is 2. The van der Waals surface area contributed by atoms with Crippen molar-refractivity contribution in [2.45, 2.75) is 20.5 Å². The highest BCUT2D eigenvalue weighted by Gasteiger charge is 2.13. The molecule has 4 aromatic carbocycles. The first-order valence-corrected chi connectivity index (χ1v) is 15.0. The molecule has 0 unspecified atom stereocenters. The van der Waals surface area contributed by atoms with Crippen molar-refractivity contribution in [1.82, 2.24) is 9.99 Å². The zero-order chi connectivity index (χ0) is 29.5. The van der Waals surface area contributed by atoms with Gasteiger partial charge in [-0.3, -0.25) is 4.79 Å². The SMILES string of the molecule is CCOc1cc(/C=N/NC(=O)c2ccc(-n3c(C)ccc3-c3ccccc3)cc2)c(Br)cc1OCc1ccc(Br)cc1. The molecule has 1 aromatic heterocycles. The summed E-state index contributed by atoms with van der Waals surface area (Å²) in [5.74, 6) is 0.901. The van der Waals surface area contributed by atoms with Gasteiger partial charge < -0.3 is 14.0 Å². The summed E-state index contributed by atoms with van der Waals surface area (Å²) in [6, 6.07) is 33.6. The van der Waals surface area contributed by atoms with Crippen LogP contribution in [0.5, 0.6) is 11.5 Å². The molecular formula is C34H29Br2N3O3. The van der Waals surface area contributed by atoms with Crippen molar-refractivity contribution in [2.24, 2.45) is 5.10 Å². The number of aromatic nitrogens is 1. The molecule has 6 nitrogen and oxygen atoms in total. The van der Waals surface area contributed by atoms with Crippen LogP contribution in [0, 0.1) is 6.92 Å². The van der Waals surface area contributed by atoms with Gasteiger partial charge in [0.25, 0.3) is 5.91 Å². The van der Waals surface area contributed by atoms with Crippen molar-refractivity contribution in [2.75, 3.05) is 6.61 Å². The van der Waals surface area contributed by atoms with Crippen molar-refractivity contribution in [3.63, 3.8) is 0 Å². The van der Waals surface area contributed by atoms with Crippen LogP contribution in [0.25, 0.3) is 16.9 Å². The number of ether oxygens (including phenoxy) is 2. The van der Waals surface area contributed by atoms with Crippen LogP contribution in [-0.4, -0.2) is 23.3 Å². The van der Waals surface area contributed by atoms with E-state index in [1.165, 1.54) is 0 Å². The highest BCUT2D eigenvalue weighted by Crippen LogP contribution is 2.34. The van der Waals surface area contributed by atoms with Crippen LogP contribution in [0.15, 0.2) is 117 Å². The predicted molar refractivity (Wildman–Crippen MR) is 175 cm³/mol. The third-order valence-corrected chi connectivity index (χ3v) is 7.79. The minimum atomic E-state index is -0.305. The number of carbonyl (C=O) groups is 1. The first-order chi connectivity index (χ1) is 20.4. The molecule has 1 N–H and O–H groups in total. The number of amides is 1. The van der Waals surface area contributed by atoms with Gasteiger partial charge in [0.15, 0.2) is 11.5 Å². The fraction of sp³-hybridized carbons (Fsp3) is 0.118. The maximum Gasteiger partial charge on any atom is 0.271 e. The van der Waals surface area contributed by atoms with Crippen LogP contribution in [-0.2, 0) is 6.61 Å². The summed E-state index contributed by atoms with van der Waals surface area (Å²) in [5, 5.41) is 4.19. The van der Waals surface area contributed by atoms with Crippen LogP contribution in [0.2, 0.25) is 0 Å². The summed E-state index contributed by atoms with van der Waals surface area (Å²) in [6.45, 7) is 4.87. The molecule has 0 aliphatic carbocycles. The Morgan fingerprint density at radius 3 is 2.31 bits per heavy atom. The number of hydrogen-bond acceptors (Lipinski definition) is 4. The van der Waals surface area contributed by atoms with Gasteiger partial charge in [-0.2, -0.15) is 5.10 Å². The van der Waals surface area contributed by atoms with E-state index < -0.39 is 0 Å². The Morgan fingerprint density at radius 1 is 0.881 bits per heavy atom. The first kappa shape index (κ1) is 29.4. The van der Waals surface area contributed by atoms with Gasteiger partial charge in [0.2, 0.25) is 0 Å². The van der Waals surface area contributed by atoms with E-state index >= 15 is 0 Å². The zero-order valence-electron chi connectivity index (χ0n) is 23.2. The number of benzene rings is 4. The van der Waals surface area contributed by atoms with Gasteiger partial charge >= 0.3 is 0 Å². The van der Waals surface area contributed by atoms with Gasteiger partial charge in [0, 0.05) is 31.5 Å². The van der Waals surface area contributed by atoms with E-state index in [0.29, 0.717) is 30.3 Å². The second kappa shape index (κ2) is 13.7. The van der Waals surface area contributed by atoms with Crippen LogP contribution in [0.1, 0.15) is 34.1 Å². The molecule has 212 valence electrons. The number of hydrogen-bond donors (Lipinski definition) is 1. The van der Waals surface area contributed by atoms with E-state index in [2.05, 4.69) is 78.1 Å². The lowest BCUT2D eigenvalue weighted by atomic mass is 10.1. The fourth-order valence-corrected chi connectivity index (χ4v) is 5.16. The summed E-state index contributed by atoms with van der Waals surface area (Å²) < 4.78 is 15.8. The largest absolute Gasteiger partial charge is 0.490 e. The molecule has 42 heavy (non-hydrogen) atoms. The molecule has 5 aromatic rings. The van der Waals surface area contributed by atoms with Crippen molar-refractivity contribution < 1.29 is 14.3 Å². The molecule has 0 aliphatic heterocycles. The fourth-order valence-electron chi connectivity index (χ4n) is 4.48. The van der Waals surface area contributed by atoms with Gasteiger partial charge in [0.05, 0.1) is 18.5 Å². The smallest absolute Gasteiger partial charge is 0.271 e.